The van der Waals surface area contributed by atoms with Crippen LogP contribution in [-0.2, 0) is 6.18 Å². The van der Waals surface area contributed by atoms with E-state index in [1.807, 2.05) is 0 Å². The van der Waals surface area contributed by atoms with Crippen molar-refractivity contribution in [2.75, 3.05) is 5.32 Å². The minimum Gasteiger partial charge on any atom is -0.338 e. The van der Waals surface area contributed by atoms with Crippen LogP contribution in [0.2, 0.25) is 15.2 Å². The van der Waals surface area contributed by atoms with Crippen molar-refractivity contribution in [1.29, 1.82) is 0 Å². The number of rotatable bonds is 2. The Morgan fingerprint density at radius 1 is 0.952 bits per heavy atom. The van der Waals surface area contributed by atoms with Gasteiger partial charge in [-0.05, 0) is 12.1 Å². The van der Waals surface area contributed by atoms with E-state index in [2.05, 4.69) is 15.3 Å². The SMILES string of the molecule is Fc1cc(Cl)c(Nc2cc(Cl)nc(C(F)(F)F)n2)c(Cl)c1. The first-order valence-electron chi connectivity index (χ1n) is 5.20. The lowest BCUT2D eigenvalue weighted by Gasteiger charge is -2.12. The van der Waals surface area contributed by atoms with E-state index in [-0.39, 0.29) is 21.6 Å². The van der Waals surface area contributed by atoms with Gasteiger partial charge < -0.3 is 5.32 Å². The van der Waals surface area contributed by atoms with Gasteiger partial charge in [-0.2, -0.15) is 13.2 Å². The molecule has 0 aliphatic carbocycles. The van der Waals surface area contributed by atoms with Crippen LogP contribution < -0.4 is 5.32 Å². The maximum Gasteiger partial charge on any atom is 0.451 e. The van der Waals surface area contributed by atoms with Crippen molar-refractivity contribution < 1.29 is 17.6 Å². The van der Waals surface area contributed by atoms with E-state index in [1.54, 1.807) is 0 Å². The van der Waals surface area contributed by atoms with Crippen molar-refractivity contribution >= 4 is 46.3 Å². The fraction of sp³-hybridized carbons (Fsp3) is 0.0909. The van der Waals surface area contributed by atoms with Gasteiger partial charge in [0.25, 0.3) is 0 Å². The van der Waals surface area contributed by atoms with Crippen molar-refractivity contribution in [2.24, 2.45) is 0 Å². The highest BCUT2D eigenvalue weighted by molar-refractivity contribution is 6.39. The molecule has 10 heteroatoms. The smallest absolute Gasteiger partial charge is 0.338 e. The number of hydrogen-bond acceptors (Lipinski definition) is 3. The Morgan fingerprint density at radius 3 is 2.05 bits per heavy atom. The third kappa shape index (κ3) is 3.87. The molecule has 0 aliphatic rings. The quantitative estimate of drug-likeness (QED) is 0.580. The summed E-state index contributed by atoms with van der Waals surface area (Å²) < 4.78 is 50.8. The molecule has 0 atom stereocenters. The van der Waals surface area contributed by atoms with Crippen LogP contribution in [0.1, 0.15) is 5.82 Å². The number of hydrogen-bond donors (Lipinski definition) is 1. The highest BCUT2D eigenvalue weighted by Gasteiger charge is 2.35. The second-order valence-electron chi connectivity index (χ2n) is 3.77. The molecule has 0 saturated carbocycles. The van der Waals surface area contributed by atoms with Crippen LogP contribution in [0.3, 0.4) is 0 Å². The van der Waals surface area contributed by atoms with Gasteiger partial charge in [-0.25, -0.2) is 14.4 Å². The summed E-state index contributed by atoms with van der Waals surface area (Å²) in [5.41, 5.74) is 0.00243. The van der Waals surface area contributed by atoms with Crippen LogP contribution in [0.4, 0.5) is 29.1 Å². The number of halogens is 7. The molecule has 2 rings (SSSR count). The molecule has 0 unspecified atom stereocenters. The third-order valence-electron chi connectivity index (χ3n) is 2.21. The molecule has 1 N–H and O–H groups in total. The zero-order chi connectivity index (χ0) is 15.8. The lowest BCUT2D eigenvalue weighted by Crippen LogP contribution is -2.12. The van der Waals surface area contributed by atoms with E-state index in [0.29, 0.717) is 0 Å². The van der Waals surface area contributed by atoms with E-state index < -0.39 is 23.0 Å². The number of nitrogens with zero attached hydrogens (tertiary/aromatic N) is 2. The molecule has 0 amide bonds. The molecule has 0 radical (unpaired) electrons. The molecule has 0 spiro atoms. The van der Waals surface area contributed by atoms with Crippen LogP contribution in [0.5, 0.6) is 0 Å². The zero-order valence-corrected chi connectivity index (χ0v) is 12.0. The number of aromatic nitrogens is 2. The average Bonchev–Trinajstić information content (AvgIpc) is 2.32. The summed E-state index contributed by atoms with van der Waals surface area (Å²) in [6.07, 6.45) is -4.77. The van der Waals surface area contributed by atoms with Gasteiger partial charge in [0.15, 0.2) is 0 Å². The Kier molecular flexibility index (Phi) is 4.46. The molecule has 0 fully saturated rings. The predicted molar refractivity (Wildman–Crippen MR) is 71.7 cm³/mol. The molecule has 21 heavy (non-hydrogen) atoms. The Labute approximate surface area is 130 Å². The average molecular weight is 361 g/mol. The van der Waals surface area contributed by atoms with Crippen molar-refractivity contribution in [3.05, 3.63) is 45.0 Å². The minimum absolute atomic E-state index is 0.00243. The zero-order valence-electron chi connectivity index (χ0n) is 9.77. The summed E-state index contributed by atoms with van der Waals surface area (Å²) in [5, 5.41) is 1.79. The summed E-state index contributed by atoms with van der Waals surface area (Å²) in [5.74, 6) is -2.39. The lowest BCUT2D eigenvalue weighted by molar-refractivity contribution is -0.144. The molecule has 3 nitrogen and oxygen atoms in total. The Balaban J connectivity index is 2.43. The molecule has 1 heterocycles. The predicted octanol–water partition coefficient (Wildman–Crippen LogP) is 5.34. The van der Waals surface area contributed by atoms with Gasteiger partial charge in [-0.3, -0.25) is 0 Å². The molecular formula is C11H4Cl3F4N3. The topological polar surface area (TPSA) is 37.8 Å². The highest BCUT2D eigenvalue weighted by atomic mass is 35.5. The fourth-order valence-corrected chi connectivity index (χ4v) is 2.14. The standard InChI is InChI=1S/C11H4Cl3F4N3/c12-5-1-4(15)2-6(13)9(5)20-8-3-7(14)19-10(21-8)11(16,17)18/h1-3H,(H,19,20,21). The highest BCUT2D eigenvalue weighted by Crippen LogP contribution is 2.35. The largest absolute Gasteiger partial charge is 0.451 e. The Hall–Kier alpha value is -1.31. The summed E-state index contributed by atoms with van der Waals surface area (Å²) in [4.78, 5) is 6.33. The van der Waals surface area contributed by atoms with Gasteiger partial charge in [-0.1, -0.05) is 34.8 Å². The van der Waals surface area contributed by atoms with Gasteiger partial charge in [0.05, 0.1) is 15.7 Å². The van der Waals surface area contributed by atoms with E-state index in [1.165, 1.54) is 0 Å². The molecule has 112 valence electrons. The van der Waals surface area contributed by atoms with E-state index in [9.17, 15) is 17.6 Å². The number of anilines is 2. The van der Waals surface area contributed by atoms with E-state index in [0.717, 1.165) is 18.2 Å². The van der Waals surface area contributed by atoms with Crippen LogP contribution in [0.15, 0.2) is 18.2 Å². The Bertz CT molecular complexity index is 668. The van der Waals surface area contributed by atoms with Gasteiger partial charge in [0, 0.05) is 6.07 Å². The second-order valence-corrected chi connectivity index (χ2v) is 4.97. The Morgan fingerprint density at radius 2 is 1.52 bits per heavy atom. The molecule has 0 saturated heterocycles. The molecule has 1 aromatic heterocycles. The lowest BCUT2D eigenvalue weighted by atomic mass is 10.3. The van der Waals surface area contributed by atoms with E-state index >= 15 is 0 Å². The molecule has 1 aromatic carbocycles. The van der Waals surface area contributed by atoms with Crippen LogP contribution >= 0.6 is 34.8 Å². The second kappa shape index (κ2) is 5.82. The summed E-state index contributed by atoms with van der Waals surface area (Å²) in [7, 11) is 0. The van der Waals surface area contributed by atoms with Gasteiger partial charge in [0.1, 0.15) is 16.8 Å². The minimum atomic E-state index is -4.77. The van der Waals surface area contributed by atoms with E-state index in [4.69, 9.17) is 34.8 Å². The maximum atomic E-state index is 13.0. The molecular weight excluding hydrogens is 356 g/mol. The van der Waals surface area contributed by atoms with Crippen molar-refractivity contribution in [2.45, 2.75) is 6.18 Å². The number of nitrogens with one attached hydrogen (secondary N) is 1. The third-order valence-corrected chi connectivity index (χ3v) is 3.00. The summed E-state index contributed by atoms with van der Waals surface area (Å²) in [6.45, 7) is 0. The summed E-state index contributed by atoms with van der Waals surface area (Å²) >= 11 is 17.0. The normalized spacial score (nSPS) is 11.6. The monoisotopic (exact) mass is 359 g/mol. The van der Waals surface area contributed by atoms with Crippen molar-refractivity contribution in [1.82, 2.24) is 9.97 Å². The number of alkyl halides is 3. The number of benzene rings is 1. The fourth-order valence-electron chi connectivity index (χ4n) is 1.40. The van der Waals surface area contributed by atoms with Gasteiger partial charge in [-0.15, -0.1) is 0 Å². The van der Waals surface area contributed by atoms with Crippen molar-refractivity contribution in [3.8, 4) is 0 Å². The molecule has 0 bridgehead atoms. The summed E-state index contributed by atoms with van der Waals surface area (Å²) in [6, 6.07) is 2.94. The first kappa shape index (κ1) is 16.1. The van der Waals surface area contributed by atoms with Gasteiger partial charge in [0.2, 0.25) is 5.82 Å². The van der Waals surface area contributed by atoms with Crippen LogP contribution in [-0.4, -0.2) is 9.97 Å². The maximum absolute atomic E-state index is 13.0. The van der Waals surface area contributed by atoms with Crippen molar-refractivity contribution in [3.63, 3.8) is 0 Å². The van der Waals surface area contributed by atoms with Crippen LogP contribution in [0, 0.1) is 5.82 Å². The first-order chi connectivity index (χ1) is 9.66. The molecule has 2 aromatic rings. The molecule has 0 aliphatic heterocycles. The van der Waals surface area contributed by atoms with Gasteiger partial charge >= 0.3 is 6.18 Å². The first-order valence-corrected chi connectivity index (χ1v) is 6.33. The van der Waals surface area contributed by atoms with Crippen LogP contribution in [0.25, 0.3) is 0 Å².